The van der Waals surface area contributed by atoms with Crippen molar-refractivity contribution in [2.45, 2.75) is 4.90 Å². The number of benzene rings is 2. The number of para-hydroxylation sites is 1. The van der Waals surface area contributed by atoms with Gasteiger partial charge >= 0.3 is 0 Å². The molecule has 2 amide bonds. The number of anilines is 2. The second kappa shape index (κ2) is 8.72. The summed E-state index contributed by atoms with van der Waals surface area (Å²) in [5.41, 5.74) is 6.18. The number of amides is 2. The summed E-state index contributed by atoms with van der Waals surface area (Å²) in [6.07, 6.45) is 1.29. The average Bonchev–Trinajstić information content (AvgIpc) is 3.09. The lowest BCUT2D eigenvalue weighted by molar-refractivity contribution is -0.114. The van der Waals surface area contributed by atoms with Gasteiger partial charge in [-0.3, -0.25) is 13.9 Å². The number of rotatable bonds is 7. The van der Waals surface area contributed by atoms with Gasteiger partial charge in [-0.2, -0.15) is 0 Å². The van der Waals surface area contributed by atoms with E-state index in [9.17, 15) is 18.0 Å². The Kier molecular flexibility index (Phi) is 6.28. The molecule has 0 atom stereocenters. The molecular weight excluding hydrogens is 472 g/mol. The molecule has 10 heteroatoms. The van der Waals surface area contributed by atoms with E-state index in [4.69, 9.17) is 5.73 Å². The summed E-state index contributed by atoms with van der Waals surface area (Å²) >= 11 is 3.33. The molecule has 1 aromatic heterocycles. The molecule has 0 aliphatic rings. The maximum atomic E-state index is 13.3. The van der Waals surface area contributed by atoms with Crippen molar-refractivity contribution in [2.75, 3.05) is 16.2 Å². The molecule has 2 aromatic carbocycles. The Hall–Kier alpha value is -3.11. The topological polar surface area (TPSA) is 114 Å². The average molecular weight is 491 g/mol. The zero-order valence-corrected chi connectivity index (χ0v) is 18.4. The van der Waals surface area contributed by atoms with Crippen LogP contribution in [0.2, 0.25) is 0 Å². The normalized spacial score (nSPS) is 11.1. The lowest BCUT2D eigenvalue weighted by Gasteiger charge is -2.23. The number of carbonyl (C=O) groups is 2. The molecule has 8 nitrogen and oxygen atoms in total. The van der Waals surface area contributed by atoms with Crippen LogP contribution in [-0.2, 0) is 21.9 Å². The molecule has 156 valence electrons. The van der Waals surface area contributed by atoms with Gasteiger partial charge in [-0.15, -0.1) is 0 Å². The minimum absolute atomic E-state index is 0.0418. The molecule has 3 N–H and O–H groups in total. The van der Waals surface area contributed by atoms with E-state index in [1.54, 1.807) is 48.5 Å². The van der Waals surface area contributed by atoms with Crippen molar-refractivity contribution in [1.82, 2.24) is 4.57 Å². The van der Waals surface area contributed by atoms with Gasteiger partial charge in [-0.05, 0) is 36.4 Å². The molecule has 0 fully saturated rings. The van der Waals surface area contributed by atoms with E-state index in [0.717, 1.165) is 8.78 Å². The van der Waals surface area contributed by atoms with Gasteiger partial charge in [0.25, 0.3) is 15.9 Å². The number of sulfonamides is 1. The number of nitrogens with two attached hydrogens (primary N) is 1. The Balaban J connectivity index is 1.96. The van der Waals surface area contributed by atoms with Crippen molar-refractivity contribution in [3.63, 3.8) is 0 Å². The third-order valence-corrected chi connectivity index (χ3v) is 6.49. The molecule has 0 saturated carbocycles. The monoisotopic (exact) mass is 490 g/mol. The first-order valence-electron chi connectivity index (χ1n) is 8.78. The van der Waals surface area contributed by atoms with Crippen LogP contribution >= 0.6 is 15.9 Å². The molecule has 0 saturated heterocycles. The smallest absolute Gasteiger partial charge is 0.266 e. The number of nitrogens with one attached hydrogen (secondary N) is 1. The van der Waals surface area contributed by atoms with Crippen LogP contribution in [0.1, 0.15) is 10.5 Å². The lowest BCUT2D eigenvalue weighted by atomic mass is 10.3. The number of primary amides is 1. The van der Waals surface area contributed by atoms with Crippen molar-refractivity contribution in [1.29, 1.82) is 0 Å². The van der Waals surface area contributed by atoms with Crippen molar-refractivity contribution < 1.29 is 18.0 Å². The second-order valence-electron chi connectivity index (χ2n) is 6.44. The Morgan fingerprint density at radius 3 is 2.40 bits per heavy atom. The summed E-state index contributed by atoms with van der Waals surface area (Å²) in [4.78, 5) is 24.0. The summed E-state index contributed by atoms with van der Waals surface area (Å²) in [5.74, 6) is -1.27. The van der Waals surface area contributed by atoms with Gasteiger partial charge < -0.3 is 15.6 Å². The van der Waals surface area contributed by atoms with Crippen molar-refractivity contribution in [3.8, 4) is 0 Å². The summed E-state index contributed by atoms with van der Waals surface area (Å²) in [6.45, 7) is -0.459. The second-order valence-corrected chi connectivity index (χ2v) is 9.22. The molecule has 3 rings (SSSR count). The third-order valence-electron chi connectivity index (χ3n) is 4.26. The SMILES string of the molecule is Cn1cc(S(=O)(=O)N(CC(=O)Nc2cccc(Br)c2)c2ccccc2)cc1C(N)=O. The molecule has 0 aliphatic carbocycles. The van der Waals surface area contributed by atoms with Gasteiger partial charge in [-0.1, -0.05) is 40.2 Å². The molecular formula is C20H19BrN4O4S. The zero-order valence-electron chi connectivity index (χ0n) is 15.9. The minimum atomic E-state index is -4.15. The first kappa shape index (κ1) is 21.6. The number of hydrogen-bond acceptors (Lipinski definition) is 4. The lowest BCUT2D eigenvalue weighted by Crippen LogP contribution is -2.38. The highest BCUT2D eigenvalue weighted by molar-refractivity contribution is 9.10. The van der Waals surface area contributed by atoms with Crippen LogP contribution in [0.4, 0.5) is 11.4 Å². The summed E-state index contributed by atoms with van der Waals surface area (Å²) in [6, 6.07) is 16.4. The molecule has 0 bridgehead atoms. The van der Waals surface area contributed by atoms with Gasteiger partial charge in [0.05, 0.1) is 5.69 Å². The van der Waals surface area contributed by atoms with E-state index in [-0.39, 0.29) is 10.6 Å². The summed E-state index contributed by atoms with van der Waals surface area (Å²) < 4.78 is 29.8. The molecule has 0 aliphatic heterocycles. The fourth-order valence-electron chi connectivity index (χ4n) is 2.85. The van der Waals surface area contributed by atoms with Gasteiger partial charge in [0, 0.05) is 23.4 Å². The maximum Gasteiger partial charge on any atom is 0.266 e. The van der Waals surface area contributed by atoms with Crippen molar-refractivity contribution in [3.05, 3.63) is 77.0 Å². The van der Waals surface area contributed by atoms with E-state index in [1.807, 2.05) is 6.07 Å². The fourth-order valence-corrected chi connectivity index (χ4v) is 4.75. The van der Waals surface area contributed by atoms with Gasteiger partial charge in [0.15, 0.2) is 0 Å². The van der Waals surface area contributed by atoms with Crippen LogP contribution in [0.25, 0.3) is 0 Å². The number of halogens is 1. The van der Waals surface area contributed by atoms with Crippen LogP contribution in [-0.4, -0.2) is 31.3 Å². The summed E-state index contributed by atoms with van der Waals surface area (Å²) in [5, 5.41) is 2.69. The highest BCUT2D eigenvalue weighted by Gasteiger charge is 2.29. The Morgan fingerprint density at radius 2 is 1.80 bits per heavy atom. The van der Waals surface area contributed by atoms with Crippen LogP contribution in [0.5, 0.6) is 0 Å². The molecule has 0 spiro atoms. The highest BCUT2D eigenvalue weighted by atomic mass is 79.9. The van der Waals surface area contributed by atoms with Gasteiger partial charge in [0.2, 0.25) is 5.91 Å². The first-order chi connectivity index (χ1) is 14.2. The molecule has 0 radical (unpaired) electrons. The number of hydrogen-bond donors (Lipinski definition) is 2. The Morgan fingerprint density at radius 1 is 1.10 bits per heavy atom. The largest absolute Gasteiger partial charge is 0.364 e. The molecule has 1 heterocycles. The maximum absolute atomic E-state index is 13.3. The van der Waals surface area contributed by atoms with Crippen molar-refractivity contribution >= 4 is 49.1 Å². The third kappa shape index (κ3) is 4.71. The standard InChI is InChI=1S/C20H19BrN4O4S/c1-24-12-17(11-18(24)20(22)27)30(28,29)25(16-8-3-2-4-9-16)13-19(26)23-15-7-5-6-14(21)10-15/h2-12H,13H2,1H3,(H2,22,27)(H,23,26). The first-order valence-corrected chi connectivity index (χ1v) is 11.0. The van der Waals surface area contributed by atoms with Crippen LogP contribution < -0.4 is 15.4 Å². The van der Waals surface area contributed by atoms with E-state index < -0.39 is 28.4 Å². The number of carbonyl (C=O) groups excluding carboxylic acids is 2. The van der Waals surface area contributed by atoms with E-state index >= 15 is 0 Å². The van der Waals surface area contributed by atoms with Gasteiger partial charge in [-0.25, -0.2) is 8.42 Å². The molecule has 0 unspecified atom stereocenters. The van der Waals surface area contributed by atoms with E-state index in [2.05, 4.69) is 21.2 Å². The minimum Gasteiger partial charge on any atom is -0.364 e. The van der Waals surface area contributed by atoms with Crippen LogP contribution in [0, 0.1) is 0 Å². The number of aromatic nitrogens is 1. The van der Waals surface area contributed by atoms with E-state index in [0.29, 0.717) is 11.4 Å². The predicted octanol–water partition coefficient (Wildman–Crippen LogP) is 2.72. The number of nitrogens with zero attached hydrogens (tertiary/aromatic N) is 2. The Bertz CT molecular complexity index is 1190. The van der Waals surface area contributed by atoms with E-state index in [1.165, 1.54) is 23.9 Å². The Labute approximate surface area is 182 Å². The van der Waals surface area contributed by atoms with Gasteiger partial charge in [0.1, 0.15) is 17.1 Å². The van der Waals surface area contributed by atoms with Crippen molar-refractivity contribution in [2.24, 2.45) is 12.8 Å². The highest BCUT2D eigenvalue weighted by Crippen LogP contribution is 2.25. The molecule has 30 heavy (non-hydrogen) atoms. The van der Waals surface area contributed by atoms with Crippen LogP contribution in [0.15, 0.2) is 76.2 Å². The van der Waals surface area contributed by atoms with Crippen LogP contribution in [0.3, 0.4) is 0 Å². The zero-order chi connectivity index (χ0) is 21.9. The molecule has 3 aromatic rings. The summed E-state index contributed by atoms with van der Waals surface area (Å²) in [7, 11) is -2.63. The predicted molar refractivity (Wildman–Crippen MR) is 118 cm³/mol. The quantitative estimate of drug-likeness (QED) is 0.529. The fraction of sp³-hybridized carbons (Fsp3) is 0.100. The number of aryl methyl sites for hydroxylation is 1.